The Labute approximate surface area is 79.3 Å². The fourth-order valence-electron chi connectivity index (χ4n) is 0.888. The molecule has 0 aliphatic carbocycles. The number of aryl methyl sites for hydroxylation is 1. The number of aromatic nitrogens is 1. The normalized spacial score (nSPS) is 9.42. The van der Waals surface area contributed by atoms with Gasteiger partial charge in [-0.1, -0.05) is 6.92 Å². The number of nitriles is 1. The molecule has 3 nitrogen and oxygen atoms in total. The number of hydrogen-bond donors (Lipinski definition) is 1. The lowest BCUT2D eigenvalue weighted by molar-refractivity contribution is 1.07. The van der Waals surface area contributed by atoms with Gasteiger partial charge in [0, 0.05) is 0 Å². The summed E-state index contributed by atoms with van der Waals surface area (Å²) in [6.07, 6.45) is 0.851. The van der Waals surface area contributed by atoms with Crippen LogP contribution in [0, 0.1) is 11.3 Å². The van der Waals surface area contributed by atoms with Crippen LogP contribution in [0.2, 0.25) is 0 Å². The molecule has 2 N–H and O–H groups in total. The lowest BCUT2D eigenvalue weighted by Gasteiger charge is -2.02. The number of nitrogens with two attached hydrogens (primary N) is 1. The van der Waals surface area contributed by atoms with Crippen LogP contribution in [-0.4, -0.2) is 4.98 Å². The maximum absolute atomic E-state index is 8.59. The summed E-state index contributed by atoms with van der Waals surface area (Å²) in [5.41, 5.74) is 7.31. The van der Waals surface area contributed by atoms with Crippen LogP contribution in [0.5, 0.6) is 0 Å². The molecule has 0 atom stereocenters. The average Bonchev–Trinajstić information content (AvgIpc) is 2.08. The van der Waals surface area contributed by atoms with Crippen molar-refractivity contribution in [2.75, 3.05) is 5.73 Å². The van der Waals surface area contributed by atoms with Gasteiger partial charge in [0.05, 0.1) is 5.69 Å². The molecule has 4 heteroatoms. The quantitative estimate of drug-likeness (QED) is 0.743. The monoisotopic (exact) mass is 225 g/mol. The minimum absolute atomic E-state index is 0.277. The number of nitrogen functional groups attached to an aromatic ring is 1. The van der Waals surface area contributed by atoms with Gasteiger partial charge in [-0.05, 0) is 34.0 Å². The van der Waals surface area contributed by atoms with Crippen molar-refractivity contribution in [2.45, 2.75) is 13.3 Å². The lowest BCUT2D eigenvalue weighted by Crippen LogP contribution is -1.97. The third-order valence-corrected chi connectivity index (χ3v) is 2.25. The maximum atomic E-state index is 8.59. The highest BCUT2D eigenvalue weighted by Crippen LogP contribution is 2.19. The molecule has 0 aliphatic heterocycles. The van der Waals surface area contributed by atoms with Crippen molar-refractivity contribution in [2.24, 2.45) is 0 Å². The zero-order valence-electron chi connectivity index (χ0n) is 6.63. The molecule has 0 bridgehead atoms. The van der Waals surface area contributed by atoms with E-state index in [1.807, 2.05) is 13.0 Å². The van der Waals surface area contributed by atoms with Gasteiger partial charge in [0.15, 0.2) is 5.69 Å². The van der Waals surface area contributed by atoms with Gasteiger partial charge < -0.3 is 5.73 Å². The molecule has 1 heterocycles. The summed E-state index contributed by atoms with van der Waals surface area (Å²) in [5.74, 6) is 0. The van der Waals surface area contributed by atoms with Crippen molar-refractivity contribution in [3.05, 3.63) is 21.9 Å². The average molecular weight is 226 g/mol. The van der Waals surface area contributed by atoms with E-state index in [0.717, 1.165) is 12.0 Å². The fraction of sp³-hybridized carbons (Fsp3) is 0.250. The van der Waals surface area contributed by atoms with E-state index in [0.29, 0.717) is 10.3 Å². The molecule has 0 spiro atoms. The number of pyridine rings is 1. The van der Waals surface area contributed by atoms with Crippen molar-refractivity contribution in [3.63, 3.8) is 0 Å². The number of hydrogen-bond acceptors (Lipinski definition) is 3. The van der Waals surface area contributed by atoms with Crippen molar-refractivity contribution in [1.29, 1.82) is 5.26 Å². The van der Waals surface area contributed by atoms with Crippen LogP contribution in [0.3, 0.4) is 0 Å². The summed E-state index contributed by atoms with van der Waals surface area (Å²) in [7, 11) is 0. The molecule has 0 amide bonds. The minimum atomic E-state index is 0.277. The molecule has 12 heavy (non-hydrogen) atoms. The van der Waals surface area contributed by atoms with E-state index < -0.39 is 0 Å². The Bertz CT molecular complexity index is 340. The fourth-order valence-corrected chi connectivity index (χ4v) is 1.46. The van der Waals surface area contributed by atoms with E-state index in [4.69, 9.17) is 11.0 Å². The van der Waals surface area contributed by atoms with Gasteiger partial charge in [-0.2, -0.15) is 5.26 Å². The van der Waals surface area contributed by atoms with Crippen LogP contribution in [0.15, 0.2) is 10.7 Å². The minimum Gasteiger partial charge on any atom is -0.396 e. The Hall–Kier alpha value is -1.08. The van der Waals surface area contributed by atoms with E-state index >= 15 is 0 Å². The van der Waals surface area contributed by atoms with Gasteiger partial charge in [-0.3, -0.25) is 0 Å². The molecular weight excluding hydrogens is 218 g/mol. The molecule has 0 saturated carbocycles. The molecule has 0 saturated heterocycles. The summed E-state index contributed by atoms with van der Waals surface area (Å²) in [5, 5.41) is 8.59. The second-order valence-corrected chi connectivity index (χ2v) is 3.09. The second kappa shape index (κ2) is 3.55. The van der Waals surface area contributed by atoms with Gasteiger partial charge in [0.25, 0.3) is 0 Å². The Morgan fingerprint density at radius 1 is 1.75 bits per heavy atom. The van der Waals surface area contributed by atoms with Crippen molar-refractivity contribution < 1.29 is 0 Å². The number of halogens is 1. The van der Waals surface area contributed by atoms with Crippen LogP contribution in [0.1, 0.15) is 18.2 Å². The number of anilines is 1. The highest BCUT2D eigenvalue weighted by atomic mass is 79.9. The zero-order chi connectivity index (χ0) is 9.14. The molecule has 1 aromatic heterocycles. The number of nitrogens with zero attached hydrogens (tertiary/aromatic N) is 2. The SMILES string of the molecule is CCc1cc(N)c(C#N)nc1Br. The highest BCUT2D eigenvalue weighted by Gasteiger charge is 2.05. The van der Waals surface area contributed by atoms with Crippen LogP contribution >= 0.6 is 15.9 Å². The summed E-state index contributed by atoms with van der Waals surface area (Å²) >= 11 is 3.26. The summed E-state index contributed by atoms with van der Waals surface area (Å²) in [6, 6.07) is 3.69. The van der Waals surface area contributed by atoms with Crippen molar-refractivity contribution in [1.82, 2.24) is 4.98 Å². The van der Waals surface area contributed by atoms with Gasteiger partial charge >= 0.3 is 0 Å². The third kappa shape index (κ3) is 1.56. The van der Waals surface area contributed by atoms with Crippen LogP contribution in [-0.2, 0) is 6.42 Å². The summed E-state index contributed by atoms with van der Waals surface area (Å²) in [4.78, 5) is 3.99. The smallest absolute Gasteiger partial charge is 0.164 e. The first-order chi connectivity index (χ1) is 5.69. The van der Waals surface area contributed by atoms with E-state index in [2.05, 4.69) is 20.9 Å². The molecule has 0 radical (unpaired) electrons. The van der Waals surface area contributed by atoms with E-state index in [1.165, 1.54) is 0 Å². The van der Waals surface area contributed by atoms with Gasteiger partial charge in [0.2, 0.25) is 0 Å². The zero-order valence-corrected chi connectivity index (χ0v) is 8.22. The maximum Gasteiger partial charge on any atom is 0.164 e. The Morgan fingerprint density at radius 3 is 2.92 bits per heavy atom. The Morgan fingerprint density at radius 2 is 2.42 bits per heavy atom. The molecule has 1 aromatic rings. The van der Waals surface area contributed by atoms with Crippen LogP contribution < -0.4 is 5.73 Å². The Kier molecular flexibility index (Phi) is 2.66. The molecule has 0 unspecified atom stereocenters. The van der Waals surface area contributed by atoms with Gasteiger partial charge in [-0.25, -0.2) is 4.98 Å². The van der Waals surface area contributed by atoms with Gasteiger partial charge in [-0.15, -0.1) is 0 Å². The molecule has 0 aromatic carbocycles. The second-order valence-electron chi connectivity index (χ2n) is 2.34. The molecular formula is C8H8BrN3. The summed E-state index contributed by atoms with van der Waals surface area (Å²) in [6.45, 7) is 2.01. The number of rotatable bonds is 1. The largest absolute Gasteiger partial charge is 0.396 e. The Balaban J connectivity index is 3.28. The molecule has 0 fully saturated rings. The topological polar surface area (TPSA) is 62.7 Å². The van der Waals surface area contributed by atoms with Crippen LogP contribution in [0.25, 0.3) is 0 Å². The molecule has 1 rings (SSSR count). The first kappa shape index (κ1) is 9.01. The lowest BCUT2D eigenvalue weighted by atomic mass is 10.2. The first-order valence-electron chi connectivity index (χ1n) is 3.54. The molecule has 62 valence electrons. The first-order valence-corrected chi connectivity index (χ1v) is 4.33. The van der Waals surface area contributed by atoms with E-state index in [1.54, 1.807) is 6.07 Å². The van der Waals surface area contributed by atoms with Crippen LogP contribution in [0.4, 0.5) is 5.69 Å². The van der Waals surface area contributed by atoms with Gasteiger partial charge in [0.1, 0.15) is 10.7 Å². The van der Waals surface area contributed by atoms with E-state index in [9.17, 15) is 0 Å². The predicted molar refractivity (Wildman–Crippen MR) is 50.4 cm³/mol. The highest BCUT2D eigenvalue weighted by molar-refractivity contribution is 9.10. The molecule has 0 aliphatic rings. The summed E-state index contributed by atoms with van der Waals surface area (Å²) < 4.78 is 0.704. The standard InChI is InChI=1S/C8H8BrN3/c1-2-5-3-6(11)7(4-10)12-8(5)9/h3H,2,11H2,1H3. The van der Waals surface area contributed by atoms with Crippen molar-refractivity contribution in [3.8, 4) is 6.07 Å². The van der Waals surface area contributed by atoms with Crippen molar-refractivity contribution >= 4 is 21.6 Å². The predicted octanol–water partition coefficient (Wildman–Crippen LogP) is 1.86. The third-order valence-electron chi connectivity index (χ3n) is 1.56. The van der Waals surface area contributed by atoms with E-state index in [-0.39, 0.29) is 5.69 Å².